The molecule has 2 amide bonds. The van der Waals surface area contributed by atoms with Crippen LogP contribution in [-0.2, 0) is 19.2 Å². The number of thioether (sulfide) groups is 2. The summed E-state index contributed by atoms with van der Waals surface area (Å²) in [6, 6.07) is 6.04. The lowest BCUT2D eigenvalue weighted by molar-refractivity contribution is -0.150. The van der Waals surface area contributed by atoms with E-state index in [9.17, 15) is 19.5 Å². The van der Waals surface area contributed by atoms with Crippen LogP contribution in [0.2, 0.25) is 5.02 Å². The number of rotatable bonds is 9. The van der Waals surface area contributed by atoms with Crippen LogP contribution in [0.15, 0.2) is 51.1 Å². The summed E-state index contributed by atoms with van der Waals surface area (Å²) in [4.78, 5) is 55.2. The van der Waals surface area contributed by atoms with Crippen LogP contribution in [0.3, 0.4) is 0 Å². The van der Waals surface area contributed by atoms with E-state index in [2.05, 4.69) is 20.4 Å². The zero-order chi connectivity index (χ0) is 30.8. The van der Waals surface area contributed by atoms with Crippen LogP contribution in [0.1, 0.15) is 19.0 Å². The molecular formula is C25H26ClN9O5S3. The van der Waals surface area contributed by atoms with Crippen molar-refractivity contribution in [3.8, 4) is 0 Å². The first-order valence-corrected chi connectivity index (χ1v) is 16.1. The molecular weight excluding hydrogens is 638 g/mol. The molecule has 1 fully saturated rings. The van der Waals surface area contributed by atoms with Gasteiger partial charge < -0.3 is 31.6 Å². The summed E-state index contributed by atoms with van der Waals surface area (Å²) in [5.41, 5.74) is 13.2. The first kappa shape index (κ1) is 30.8. The van der Waals surface area contributed by atoms with Crippen molar-refractivity contribution in [3.63, 3.8) is 0 Å². The molecule has 14 nitrogen and oxygen atoms in total. The van der Waals surface area contributed by atoms with Gasteiger partial charge in [-0.05, 0) is 36.8 Å². The van der Waals surface area contributed by atoms with Gasteiger partial charge >= 0.3 is 5.97 Å². The van der Waals surface area contributed by atoms with Crippen LogP contribution in [0, 0.1) is 5.41 Å². The summed E-state index contributed by atoms with van der Waals surface area (Å²) >= 11 is 9.72. The van der Waals surface area contributed by atoms with Crippen LogP contribution in [0.25, 0.3) is 0 Å². The van der Waals surface area contributed by atoms with Crippen molar-refractivity contribution < 1.29 is 24.3 Å². The van der Waals surface area contributed by atoms with Crippen molar-refractivity contribution in [2.75, 3.05) is 28.7 Å². The van der Waals surface area contributed by atoms with E-state index in [4.69, 9.17) is 33.3 Å². The maximum absolute atomic E-state index is 13.2. The number of aliphatic carboxylic acids is 1. The van der Waals surface area contributed by atoms with Crippen molar-refractivity contribution in [1.29, 1.82) is 5.41 Å². The lowest BCUT2D eigenvalue weighted by atomic mass is 10.0. The molecule has 7 N–H and O–H groups in total. The number of nitrogens with one attached hydrogen (secondary N) is 2. The number of amidine groups is 2. The highest BCUT2D eigenvalue weighted by atomic mass is 35.5. The number of anilines is 2. The molecule has 0 aliphatic carbocycles. The number of carbonyl (C=O) groups is 3. The Morgan fingerprint density at radius 1 is 1.33 bits per heavy atom. The van der Waals surface area contributed by atoms with Crippen molar-refractivity contribution in [2.24, 2.45) is 15.9 Å². The number of carboxylic acids is 1. The first-order chi connectivity index (χ1) is 20.6. The quantitative estimate of drug-likeness (QED) is 0.149. The number of β-lactam (4-membered cyclic amide) rings is 1. The highest BCUT2D eigenvalue weighted by Gasteiger charge is 2.54. The molecule has 2 unspecified atom stereocenters. The summed E-state index contributed by atoms with van der Waals surface area (Å²) in [7, 11) is 0. The fourth-order valence-electron chi connectivity index (χ4n) is 4.54. The average Bonchev–Trinajstić information content (AvgIpc) is 3.40. The van der Waals surface area contributed by atoms with Gasteiger partial charge in [-0.3, -0.25) is 19.9 Å². The van der Waals surface area contributed by atoms with Gasteiger partial charge in [-0.25, -0.2) is 14.8 Å². The van der Waals surface area contributed by atoms with Crippen molar-refractivity contribution in [2.45, 2.75) is 30.9 Å². The molecule has 0 saturated carbocycles. The monoisotopic (exact) mass is 663 g/mol. The number of nitrogens with two attached hydrogens (primary N) is 2. The second-order valence-electron chi connectivity index (χ2n) is 9.29. The molecule has 3 atom stereocenters. The van der Waals surface area contributed by atoms with Crippen LogP contribution >= 0.6 is 46.5 Å². The van der Waals surface area contributed by atoms with E-state index >= 15 is 0 Å². The van der Waals surface area contributed by atoms with Crippen LogP contribution in [-0.4, -0.2) is 85.2 Å². The molecule has 4 heterocycles. The Balaban J connectivity index is 1.33. The lowest BCUT2D eigenvalue weighted by Gasteiger charge is -2.49. The molecule has 226 valence electrons. The van der Waals surface area contributed by atoms with E-state index in [0.29, 0.717) is 15.8 Å². The third-order valence-corrected chi connectivity index (χ3v) is 9.76. The Morgan fingerprint density at radius 3 is 2.72 bits per heavy atom. The zero-order valence-corrected chi connectivity index (χ0v) is 25.7. The lowest BCUT2D eigenvalue weighted by Crippen LogP contribution is -2.71. The van der Waals surface area contributed by atoms with Gasteiger partial charge in [0.05, 0.1) is 6.17 Å². The molecule has 2 aromatic rings. The minimum atomic E-state index is -1.26. The van der Waals surface area contributed by atoms with Gasteiger partial charge in [0.1, 0.15) is 35.2 Å². The summed E-state index contributed by atoms with van der Waals surface area (Å²) in [6.07, 6.45) is -0.319. The number of hydrogen-bond donors (Lipinski definition) is 5. The predicted molar refractivity (Wildman–Crippen MR) is 169 cm³/mol. The molecule has 0 bridgehead atoms. The third-order valence-electron chi connectivity index (χ3n) is 6.45. The van der Waals surface area contributed by atoms with Crippen LogP contribution < -0.4 is 21.7 Å². The SMILES string of the molecule is CCON=C(C(=O)NC1C(=O)N2C(C(=O)O)=C(CSC3=NC(=N)CC(N)N3c3ccc(Cl)cc3)CS[C@@H]12)c1csc(N)n1. The highest BCUT2D eigenvalue weighted by molar-refractivity contribution is 8.14. The second kappa shape index (κ2) is 12.9. The fourth-order valence-corrected chi connectivity index (χ4v) is 7.78. The molecule has 1 aromatic heterocycles. The summed E-state index contributed by atoms with van der Waals surface area (Å²) in [5.74, 6) is -1.96. The Kier molecular flexibility index (Phi) is 9.26. The average molecular weight is 664 g/mol. The van der Waals surface area contributed by atoms with Crippen LogP contribution in [0.5, 0.6) is 0 Å². The smallest absolute Gasteiger partial charge is 0.352 e. The minimum Gasteiger partial charge on any atom is -0.477 e. The number of nitrogens with zero attached hydrogens (tertiary/aromatic N) is 5. The minimum absolute atomic E-state index is 0.106. The highest BCUT2D eigenvalue weighted by Crippen LogP contribution is 2.41. The van der Waals surface area contributed by atoms with Gasteiger partial charge in [0.2, 0.25) is 0 Å². The van der Waals surface area contributed by atoms with E-state index in [-0.39, 0.29) is 52.6 Å². The van der Waals surface area contributed by atoms with E-state index in [1.54, 1.807) is 41.5 Å². The van der Waals surface area contributed by atoms with E-state index in [1.807, 2.05) is 0 Å². The van der Waals surface area contributed by atoms with E-state index in [0.717, 1.165) is 17.0 Å². The number of carboxylic acid groups (broad SMARTS) is 1. The maximum atomic E-state index is 13.2. The summed E-state index contributed by atoms with van der Waals surface area (Å²) in [5, 5.41) is 26.8. The van der Waals surface area contributed by atoms with Crippen LogP contribution in [0.4, 0.5) is 10.8 Å². The van der Waals surface area contributed by atoms with Gasteiger partial charge in [0, 0.05) is 34.0 Å². The Morgan fingerprint density at radius 2 is 2.07 bits per heavy atom. The number of fused-ring (bicyclic) bond motifs is 1. The Labute approximate surface area is 263 Å². The third kappa shape index (κ3) is 6.35. The number of benzene rings is 1. The second-order valence-corrected chi connectivity index (χ2v) is 12.7. The number of aliphatic imine (C=N–C) groups is 1. The molecule has 0 spiro atoms. The number of thiazole rings is 1. The van der Waals surface area contributed by atoms with Crippen molar-refractivity contribution in [1.82, 2.24) is 15.2 Å². The first-order valence-electron chi connectivity index (χ1n) is 12.8. The van der Waals surface area contributed by atoms with E-state index in [1.165, 1.54) is 28.4 Å². The molecule has 5 rings (SSSR count). The number of amides is 2. The van der Waals surface area contributed by atoms with Gasteiger partial charge in [-0.1, -0.05) is 28.5 Å². The van der Waals surface area contributed by atoms with Gasteiger partial charge in [0.25, 0.3) is 11.8 Å². The largest absolute Gasteiger partial charge is 0.477 e. The molecule has 18 heteroatoms. The Hall–Kier alpha value is -3.64. The summed E-state index contributed by atoms with van der Waals surface area (Å²) in [6.45, 7) is 1.90. The maximum Gasteiger partial charge on any atom is 0.352 e. The predicted octanol–water partition coefficient (Wildman–Crippen LogP) is 2.12. The van der Waals surface area contributed by atoms with Gasteiger partial charge in [0.15, 0.2) is 16.0 Å². The molecule has 3 aliphatic rings. The van der Waals surface area contributed by atoms with Crippen molar-refractivity contribution >= 4 is 91.8 Å². The number of nitrogen functional groups attached to an aromatic ring is 1. The number of oxime groups is 1. The fraction of sp³-hybridized carbons (Fsp3) is 0.320. The molecule has 0 radical (unpaired) electrons. The van der Waals surface area contributed by atoms with Gasteiger partial charge in [-0.2, -0.15) is 0 Å². The normalized spacial score (nSPS) is 22.2. The molecule has 43 heavy (non-hydrogen) atoms. The summed E-state index contributed by atoms with van der Waals surface area (Å²) < 4.78 is 0. The zero-order valence-electron chi connectivity index (χ0n) is 22.5. The van der Waals surface area contributed by atoms with E-state index < -0.39 is 35.4 Å². The molecule has 1 aromatic carbocycles. The number of hydrogen-bond acceptors (Lipinski definition) is 13. The van der Waals surface area contributed by atoms with Crippen molar-refractivity contribution in [3.05, 3.63) is 51.6 Å². The number of halogens is 1. The number of carbonyl (C=O) groups excluding carboxylic acids is 2. The Bertz CT molecular complexity index is 1560. The topological polar surface area (TPSA) is 213 Å². The molecule has 1 saturated heterocycles. The molecule has 3 aliphatic heterocycles. The van der Waals surface area contributed by atoms with Gasteiger partial charge in [-0.15, -0.1) is 23.1 Å². The standard InChI is InChI=1S/C25H26ClN9O5S3/c1-2-40-33-17(14-10-42-24(29)30-14)20(36)32-18-21(37)35-19(23(38)39)11(8-41-22(18)35)9-43-25-31-15(27)7-16(28)34(25)13-5-3-12(26)4-6-13/h3-6,10,16,18,22,27H,2,7-9,28H2,1H3,(H2,29,30)(H,32,36)(H,38,39)/t16?,18?,22-/m0/s1. The number of aromatic nitrogens is 1.